The van der Waals surface area contributed by atoms with E-state index in [4.69, 9.17) is 16.3 Å². The first-order chi connectivity index (χ1) is 6.89. The van der Waals surface area contributed by atoms with Crippen molar-refractivity contribution < 1.29 is 9.53 Å². The lowest BCUT2D eigenvalue weighted by atomic mass is 9.86. The molecule has 0 aromatic heterocycles. The fourth-order valence-electron chi connectivity index (χ4n) is 1.27. The third-order valence-corrected chi connectivity index (χ3v) is 2.25. The van der Waals surface area contributed by atoms with Gasteiger partial charge in [-0.25, -0.2) is 4.79 Å². The molecule has 0 heterocycles. The summed E-state index contributed by atoms with van der Waals surface area (Å²) in [5.41, 5.74) is 1.50. The summed E-state index contributed by atoms with van der Waals surface area (Å²) in [6, 6.07) is 7.96. The van der Waals surface area contributed by atoms with Crippen molar-refractivity contribution in [3.63, 3.8) is 0 Å². The van der Waals surface area contributed by atoms with Crippen LogP contribution in [0.5, 0.6) is 0 Å². The maximum atomic E-state index is 10.4. The summed E-state index contributed by atoms with van der Waals surface area (Å²) in [5, 5.41) is 0. The molecule has 0 fully saturated rings. The summed E-state index contributed by atoms with van der Waals surface area (Å²) >= 11 is 5.10. The van der Waals surface area contributed by atoms with E-state index < -0.39 is 5.43 Å². The molecule has 1 aromatic rings. The van der Waals surface area contributed by atoms with Crippen molar-refractivity contribution in [2.75, 3.05) is 0 Å². The standard InChI is InChI=1S/C12H15ClO2/c1-12(2,3)10-6-4-5-9(7-10)8-15-11(13)14/h4-7H,8H2,1-3H3. The Morgan fingerprint density at radius 3 is 2.60 bits per heavy atom. The smallest absolute Gasteiger partial charge is 0.404 e. The predicted molar refractivity (Wildman–Crippen MR) is 61.2 cm³/mol. The Bertz CT molecular complexity index is 353. The third kappa shape index (κ3) is 3.92. The maximum Gasteiger partial charge on any atom is 0.404 e. The van der Waals surface area contributed by atoms with Crippen molar-refractivity contribution in [2.24, 2.45) is 0 Å². The van der Waals surface area contributed by atoms with Crippen molar-refractivity contribution in [3.05, 3.63) is 35.4 Å². The Morgan fingerprint density at radius 1 is 1.40 bits per heavy atom. The molecule has 0 unspecified atom stereocenters. The zero-order valence-corrected chi connectivity index (χ0v) is 9.97. The van der Waals surface area contributed by atoms with E-state index in [0.29, 0.717) is 0 Å². The molecule has 0 radical (unpaired) electrons. The van der Waals surface area contributed by atoms with Crippen molar-refractivity contribution >= 4 is 17.0 Å². The molecule has 0 aliphatic rings. The molecule has 0 atom stereocenters. The molecule has 2 nitrogen and oxygen atoms in total. The average molecular weight is 227 g/mol. The van der Waals surface area contributed by atoms with E-state index in [1.165, 1.54) is 5.56 Å². The lowest BCUT2D eigenvalue weighted by molar-refractivity contribution is 0.167. The lowest BCUT2D eigenvalue weighted by Gasteiger charge is -2.19. The van der Waals surface area contributed by atoms with Crippen LogP contribution < -0.4 is 0 Å². The predicted octanol–water partition coefficient (Wildman–Crippen LogP) is 3.86. The summed E-state index contributed by atoms with van der Waals surface area (Å²) < 4.78 is 4.72. The Morgan fingerprint density at radius 2 is 2.07 bits per heavy atom. The van der Waals surface area contributed by atoms with Crippen molar-refractivity contribution in [2.45, 2.75) is 32.8 Å². The SMILES string of the molecule is CC(C)(C)c1cccc(COC(=O)Cl)c1. The van der Waals surface area contributed by atoms with E-state index >= 15 is 0 Å². The lowest BCUT2D eigenvalue weighted by Crippen LogP contribution is -2.11. The number of carbonyl (C=O) groups is 1. The van der Waals surface area contributed by atoms with Crippen LogP contribution >= 0.6 is 11.6 Å². The highest BCUT2D eigenvalue weighted by molar-refractivity contribution is 6.61. The van der Waals surface area contributed by atoms with Crippen LogP contribution in [0.3, 0.4) is 0 Å². The topological polar surface area (TPSA) is 26.3 Å². The molecule has 0 amide bonds. The van der Waals surface area contributed by atoms with E-state index in [1.54, 1.807) is 0 Å². The Kier molecular flexibility index (Phi) is 3.75. The number of rotatable bonds is 2. The van der Waals surface area contributed by atoms with E-state index in [2.05, 4.69) is 26.8 Å². The van der Waals surface area contributed by atoms with Gasteiger partial charge < -0.3 is 4.74 Å². The minimum absolute atomic E-state index is 0.0982. The van der Waals surface area contributed by atoms with Crippen LogP contribution in [0.15, 0.2) is 24.3 Å². The van der Waals surface area contributed by atoms with E-state index in [-0.39, 0.29) is 12.0 Å². The van der Waals surface area contributed by atoms with Crippen LogP contribution in [-0.4, -0.2) is 5.43 Å². The molecule has 3 heteroatoms. The second-order valence-corrected chi connectivity index (χ2v) is 4.79. The van der Waals surface area contributed by atoms with Gasteiger partial charge in [-0.05, 0) is 16.5 Å². The Balaban J connectivity index is 2.79. The third-order valence-electron chi connectivity index (χ3n) is 2.15. The van der Waals surface area contributed by atoms with Gasteiger partial charge in [-0.15, -0.1) is 0 Å². The fraction of sp³-hybridized carbons (Fsp3) is 0.417. The van der Waals surface area contributed by atoms with Crippen LogP contribution in [0, 0.1) is 0 Å². The maximum absolute atomic E-state index is 10.4. The molecule has 1 rings (SSSR count). The summed E-state index contributed by atoms with van der Waals surface area (Å²) in [6.45, 7) is 6.64. The zero-order valence-electron chi connectivity index (χ0n) is 9.21. The molecular weight excluding hydrogens is 212 g/mol. The van der Waals surface area contributed by atoms with Gasteiger partial charge in [-0.2, -0.15) is 0 Å². The number of hydrogen-bond acceptors (Lipinski definition) is 2. The van der Waals surface area contributed by atoms with Crippen molar-refractivity contribution in [1.29, 1.82) is 0 Å². The minimum Gasteiger partial charge on any atom is -0.449 e. The summed E-state index contributed by atoms with van der Waals surface area (Å²) in [7, 11) is 0. The van der Waals surface area contributed by atoms with Crippen LogP contribution in [0.4, 0.5) is 4.79 Å². The van der Waals surface area contributed by atoms with Crippen molar-refractivity contribution in [1.82, 2.24) is 0 Å². The summed E-state index contributed by atoms with van der Waals surface area (Å²) in [6.07, 6.45) is 0. The van der Waals surface area contributed by atoms with Crippen molar-refractivity contribution in [3.8, 4) is 0 Å². The largest absolute Gasteiger partial charge is 0.449 e. The molecule has 0 N–H and O–H groups in total. The highest BCUT2D eigenvalue weighted by Crippen LogP contribution is 2.23. The number of ether oxygens (including phenoxy) is 1. The normalized spacial score (nSPS) is 11.2. The second kappa shape index (κ2) is 4.67. The molecule has 0 aliphatic carbocycles. The van der Waals surface area contributed by atoms with Crippen LogP contribution in [0.2, 0.25) is 0 Å². The van der Waals surface area contributed by atoms with Gasteiger partial charge in [-0.3, -0.25) is 0 Å². The molecule has 15 heavy (non-hydrogen) atoms. The van der Waals surface area contributed by atoms with Gasteiger partial charge in [0.25, 0.3) is 0 Å². The highest BCUT2D eigenvalue weighted by Gasteiger charge is 2.13. The average Bonchev–Trinajstić information content (AvgIpc) is 2.14. The van der Waals surface area contributed by atoms with Gasteiger partial charge in [0, 0.05) is 11.6 Å². The van der Waals surface area contributed by atoms with E-state index in [0.717, 1.165) is 5.56 Å². The Hall–Kier alpha value is -1.02. The van der Waals surface area contributed by atoms with Gasteiger partial charge in [0.2, 0.25) is 0 Å². The molecule has 0 saturated carbocycles. The van der Waals surface area contributed by atoms with Gasteiger partial charge in [0.05, 0.1) is 0 Å². The molecule has 82 valence electrons. The van der Waals surface area contributed by atoms with Crippen LogP contribution in [0.25, 0.3) is 0 Å². The molecule has 0 aliphatic heterocycles. The molecular formula is C12H15ClO2. The first-order valence-electron chi connectivity index (χ1n) is 4.81. The number of hydrogen-bond donors (Lipinski definition) is 0. The zero-order chi connectivity index (χ0) is 11.5. The van der Waals surface area contributed by atoms with Crippen LogP contribution in [0.1, 0.15) is 31.9 Å². The molecule has 1 aromatic carbocycles. The van der Waals surface area contributed by atoms with E-state index in [9.17, 15) is 4.79 Å². The number of benzene rings is 1. The molecule has 0 saturated heterocycles. The van der Waals surface area contributed by atoms with Gasteiger partial charge in [-0.1, -0.05) is 45.0 Å². The molecule has 0 bridgehead atoms. The first-order valence-corrected chi connectivity index (χ1v) is 5.19. The van der Waals surface area contributed by atoms with Crippen LogP contribution in [-0.2, 0) is 16.8 Å². The quantitative estimate of drug-likeness (QED) is 0.716. The summed E-state index contributed by atoms with van der Waals surface area (Å²) in [4.78, 5) is 10.4. The minimum atomic E-state index is -0.767. The summed E-state index contributed by atoms with van der Waals surface area (Å²) in [5.74, 6) is 0. The number of halogens is 1. The molecule has 0 spiro atoms. The van der Waals surface area contributed by atoms with Gasteiger partial charge >= 0.3 is 5.43 Å². The first kappa shape index (κ1) is 12.1. The second-order valence-electron chi connectivity index (χ2n) is 4.48. The number of carbonyl (C=O) groups excluding carboxylic acids is 1. The van der Waals surface area contributed by atoms with E-state index in [1.807, 2.05) is 18.2 Å². The Labute approximate surface area is 95.2 Å². The highest BCUT2D eigenvalue weighted by atomic mass is 35.5. The van der Waals surface area contributed by atoms with Gasteiger partial charge in [0.1, 0.15) is 6.61 Å². The fourth-order valence-corrected chi connectivity index (χ4v) is 1.32. The monoisotopic (exact) mass is 226 g/mol. The van der Waals surface area contributed by atoms with Gasteiger partial charge in [0.15, 0.2) is 0 Å².